The number of esters is 1. The van der Waals surface area contributed by atoms with Gasteiger partial charge in [-0.25, -0.2) is 4.79 Å². The summed E-state index contributed by atoms with van der Waals surface area (Å²) >= 11 is 0. The number of hydrogen-bond donors (Lipinski definition) is 0. The second-order valence-electron chi connectivity index (χ2n) is 6.26. The zero-order valence-corrected chi connectivity index (χ0v) is 14.4. The second-order valence-corrected chi connectivity index (χ2v) is 11.1. The lowest BCUT2D eigenvalue weighted by molar-refractivity contribution is -0.137. The van der Waals surface area contributed by atoms with E-state index in [9.17, 15) is 4.79 Å². The van der Waals surface area contributed by atoms with Crippen LogP contribution in [0.4, 0.5) is 0 Å². The van der Waals surface area contributed by atoms with E-state index in [1.54, 1.807) is 0 Å². The molecule has 0 N–H and O–H groups in total. The Morgan fingerprint density at radius 3 is 2.37 bits per heavy atom. The fourth-order valence-electron chi connectivity index (χ4n) is 1.28. The summed E-state index contributed by atoms with van der Waals surface area (Å²) in [7, 11) is -1.59. The molecule has 0 aliphatic carbocycles. The average Bonchev–Trinajstić information content (AvgIpc) is 2.26. The van der Waals surface area contributed by atoms with Crippen molar-refractivity contribution in [1.82, 2.24) is 0 Å². The molecule has 0 radical (unpaired) electrons. The summed E-state index contributed by atoms with van der Waals surface area (Å²) in [4.78, 5) is 11.0. The summed E-state index contributed by atoms with van der Waals surface area (Å²) in [6, 6.07) is 0. The minimum atomic E-state index is -1.59. The molecule has 0 saturated carbocycles. The third kappa shape index (κ3) is 8.21. The van der Waals surface area contributed by atoms with Crippen molar-refractivity contribution in [1.29, 1.82) is 0 Å². The van der Waals surface area contributed by atoms with Gasteiger partial charge >= 0.3 is 5.97 Å². The Labute approximate surface area is 119 Å². The molecule has 0 heterocycles. The summed E-state index contributed by atoms with van der Waals surface area (Å²) in [5.74, 6) is -0.250. The molecule has 0 rings (SSSR count). The van der Waals surface area contributed by atoms with Crippen LogP contribution in [-0.2, 0) is 14.0 Å². The van der Waals surface area contributed by atoms with Gasteiger partial charge in [-0.3, -0.25) is 0 Å². The molecule has 0 spiro atoms. The van der Waals surface area contributed by atoms with Crippen molar-refractivity contribution in [3.8, 4) is 0 Å². The molecule has 0 bridgehead atoms. The van der Waals surface area contributed by atoms with Crippen LogP contribution in [0.3, 0.4) is 0 Å². The molecule has 0 aromatic rings. The second kappa shape index (κ2) is 8.54. The molecule has 112 valence electrons. The highest BCUT2D eigenvalue weighted by atomic mass is 28.4. The van der Waals surface area contributed by atoms with Crippen molar-refractivity contribution in [2.24, 2.45) is 0 Å². The molecule has 0 aliphatic heterocycles. The van der Waals surface area contributed by atoms with Gasteiger partial charge in [0.05, 0.1) is 6.61 Å². The highest BCUT2D eigenvalue weighted by molar-refractivity contribution is 6.74. The molecule has 0 aliphatic rings. The lowest BCUT2D eigenvalue weighted by Gasteiger charge is -2.36. The van der Waals surface area contributed by atoms with Crippen LogP contribution < -0.4 is 0 Å². The molecule has 0 fully saturated rings. The van der Waals surface area contributed by atoms with Gasteiger partial charge in [0.2, 0.25) is 0 Å². The average molecular weight is 286 g/mol. The first-order chi connectivity index (χ1) is 8.70. The lowest BCUT2D eigenvalue weighted by atomic mass is 10.2. The van der Waals surface area contributed by atoms with Gasteiger partial charge in [0.1, 0.15) is 0 Å². The number of ether oxygens (including phenoxy) is 1. The Balaban J connectivity index is 3.69. The summed E-state index contributed by atoms with van der Waals surface area (Å²) in [6.45, 7) is 14.4. The van der Waals surface area contributed by atoms with Crippen molar-refractivity contribution >= 4 is 14.3 Å². The SMILES string of the molecule is CCOC(=O)/C=C/CCCCO[Si](C)(C)C(C)(C)C. The van der Waals surface area contributed by atoms with E-state index < -0.39 is 8.32 Å². The van der Waals surface area contributed by atoms with E-state index in [2.05, 4.69) is 33.9 Å². The zero-order valence-electron chi connectivity index (χ0n) is 13.4. The van der Waals surface area contributed by atoms with Gasteiger partial charge in [-0.2, -0.15) is 0 Å². The molecule has 3 nitrogen and oxygen atoms in total. The molecule has 4 heteroatoms. The standard InChI is InChI=1S/C15H30O3Si/c1-7-17-14(16)12-10-8-9-11-13-18-19(5,6)15(2,3)4/h10,12H,7-9,11,13H2,1-6H3/b12-10+. The first kappa shape index (κ1) is 18.4. The maximum atomic E-state index is 11.0. The molecular formula is C15H30O3Si. The molecule has 0 amide bonds. The first-order valence-electron chi connectivity index (χ1n) is 7.18. The van der Waals surface area contributed by atoms with E-state index in [1.165, 1.54) is 6.08 Å². The van der Waals surface area contributed by atoms with E-state index in [1.807, 2.05) is 13.0 Å². The number of hydrogen-bond acceptors (Lipinski definition) is 3. The fraction of sp³-hybridized carbons (Fsp3) is 0.800. The molecule has 0 saturated heterocycles. The summed E-state index contributed by atoms with van der Waals surface area (Å²) < 4.78 is 10.9. The summed E-state index contributed by atoms with van der Waals surface area (Å²) in [5.41, 5.74) is 0. The fourth-order valence-corrected chi connectivity index (χ4v) is 2.37. The van der Waals surface area contributed by atoms with E-state index >= 15 is 0 Å². The Bertz CT molecular complexity index is 290. The highest BCUT2D eigenvalue weighted by Gasteiger charge is 2.36. The minimum Gasteiger partial charge on any atom is -0.463 e. The van der Waals surface area contributed by atoms with Gasteiger partial charge in [-0.05, 0) is 44.3 Å². The van der Waals surface area contributed by atoms with Gasteiger partial charge in [0.15, 0.2) is 8.32 Å². The third-order valence-electron chi connectivity index (χ3n) is 3.57. The molecule has 0 aromatic heterocycles. The smallest absolute Gasteiger partial charge is 0.330 e. The van der Waals surface area contributed by atoms with Gasteiger partial charge in [-0.1, -0.05) is 26.8 Å². The van der Waals surface area contributed by atoms with Crippen LogP contribution in [-0.4, -0.2) is 27.5 Å². The quantitative estimate of drug-likeness (QED) is 0.289. The van der Waals surface area contributed by atoms with Crippen LogP contribution in [0.25, 0.3) is 0 Å². The van der Waals surface area contributed by atoms with Gasteiger partial charge < -0.3 is 9.16 Å². The Kier molecular flexibility index (Phi) is 8.26. The normalized spacial score (nSPS) is 12.9. The monoisotopic (exact) mass is 286 g/mol. The minimum absolute atomic E-state index is 0.250. The first-order valence-corrected chi connectivity index (χ1v) is 10.1. The van der Waals surface area contributed by atoms with Crippen molar-refractivity contribution in [3.63, 3.8) is 0 Å². The largest absolute Gasteiger partial charge is 0.463 e. The number of carbonyl (C=O) groups excluding carboxylic acids is 1. The maximum Gasteiger partial charge on any atom is 0.330 e. The predicted molar refractivity (Wildman–Crippen MR) is 82.8 cm³/mol. The maximum absolute atomic E-state index is 11.0. The van der Waals surface area contributed by atoms with Crippen LogP contribution in [0, 0.1) is 0 Å². The van der Waals surface area contributed by atoms with Crippen LogP contribution in [0.15, 0.2) is 12.2 Å². The zero-order chi connectivity index (χ0) is 14.9. The number of rotatable bonds is 8. The highest BCUT2D eigenvalue weighted by Crippen LogP contribution is 2.36. The Morgan fingerprint density at radius 2 is 1.84 bits per heavy atom. The Morgan fingerprint density at radius 1 is 1.21 bits per heavy atom. The van der Waals surface area contributed by atoms with E-state index in [-0.39, 0.29) is 11.0 Å². The van der Waals surface area contributed by atoms with Crippen molar-refractivity contribution in [2.75, 3.05) is 13.2 Å². The van der Waals surface area contributed by atoms with Crippen LogP contribution in [0.5, 0.6) is 0 Å². The number of carbonyl (C=O) groups is 1. The molecule has 0 atom stereocenters. The van der Waals surface area contributed by atoms with Crippen LogP contribution in [0.2, 0.25) is 18.1 Å². The lowest BCUT2D eigenvalue weighted by Crippen LogP contribution is -2.40. The molecular weight excluding hydrogens is 256 g/mol. The van der Waals surface area contributed by atoms with Crippen LogP contribution in [0.1, 0.15) is 47.0 Å². The van der Waals surface area contributed by atoms with E-state index in [0.717, 1.165) is 25.9 Å². The number of allylic oxidation sites excluding steroid dienone is 1. The summed E-state index contributed by atoms with van der Waals surface area (Å²) in [5, 5.41) is 0.275. The molecule has 0 aromatic carbocycles. The summed E-state index contributed by atoms with van der Waals surface area (Å²) in [6.07, 6.45) is 6.38. The van der Waals surface area contributed by atoms with Crippen LogP contribution >= 0.6 is 0 Å². The van der Waals surface area contributed by atoms with E-state index in [0.29, 0.717) is 6.61 Å². The van der Waals surface area contributed by atoms with E-state index in [4.69, 9.17) is 9.16 Å². The van der Waals surface area contributed by atoms with Crippen molar-refractivity contribution in [3.05, 3.63) is 12.2 Å². The molecule has 0 unspecified atom stereocenters. The third-order valence-corrected chi connectivity index (χ3v) is 8.11. The van der Waals surface area contributed by atoms with Gasteiger partial charge in [-0.15, -0.1) is 0 Å². The topological polar surface area (TPSA) is 35.5 Å². The molecule has 19 heavy (non-hydrogen) atoms. The van der Waals surface area contributed by atoms with Crippen molar-refractivity contribution in [2.45, 2.75) is 65.1 Å². The number of unbranched alkanes of at least 4 members (excludes halogenated alkanes) is 2. The predicted octanol–water partition coefficient (Wildman–Crippen LogP) is 4.30. The van der Waals surface area contributed by atoms with Gasteiger partial charge in [0.25, 0.3) is 0 Å². The van der Waals surface area contributed by atoms with Gasteiger partial charge in [0, 0.05) is 12.7 Å². The Hall–Kier alpha value is -0.613. The van der Waals surface area contributed by atoms with Crippen molar-refractivity contribution < 1.29 is 14.0 Å².